The zero-order valence-corrected chi connectivity index (χ0v) is 20.8. The van der Waals surface area contributed by atoms with Crippen LogP contribution in [0.2, 0.25) is 0 Å². The third-order valence-corrected chi connectivity index (χ3v) is 10.3. The number of aliphatic hydroxyl groups excluding tert-OH is 2. The molecule has 0 amide bonds. The van der Waals surface area contributed by atoms with Gasteiger partial charge in [-0.05, 0) is 98.9 Å². The summed E-state index contributed by atoms with van der Waals surface area (Å²) in [6.07, 6.45) is 14.3. The van der Waals surface area contributed by atoms with E-state index in [1.165, 1.54) is 44.9 Å². The van der Waals surface area contributed by atoms with Crippen molar-refractivity contribution < 1.29 is 15.3 Å². The van der Waals surface area contributed by atoms with E-state index in [0.29, 0.717) is 41.6 Å². The molecule has 1 unspecified atom stereocenters. The Balaban J connectivity index is 1.24. The Morgan fingerprint density at radius 1 is 1.09 bits per heavy atom. The summed E-state index contributed by atoms with van der Waals surface area (Å²) < 4.78 is 0. The number of hydrogen-bond donors (Lipinski definition) is 3. The Labute approximate surface area is 200 Å². The fourth-order valence-electron chi connectivity index (χ4n) is 8.18. The molecule has 1 heterocycles. The molecule has 4 nitrogen and oxygen atoms in total. The van der Waals surface area contributed by atoms with Crippen molar-refractivity contribution in [3.8, 4) is 0 Å². The number of hydrogen-bond acceptors (Lipinski definition) is 4. The summed E-state index contributed by atoms with van der Waals surface area (Å²) in [5.41, 5.74) is 3.26. The second-order valence-corrected chi connectivity index (χ2v) is 12.5. The lowest BCUT2D eigenvalue weighted by molar-refractivity contribution is 0.0216. The first-order chi connectivity index (χ1) is 15.7. The third-order valence-electron chi connectivity index (χ3n) is 10.3. The van der Waals surface area contributed by atoms with E-state index in [1.54, 1.807) is 5.57 Å². The summed E-state index contributed by atoms with van der Waals surface area (Å²) in [5.74, 6) is 2.63. The highest BCUT2D eigenvalue weighted by atomic mass is 16.3. The van der Waals surface area contributed by atoms with Crippen LogP contribution < -0.4 is 0 Å². The molecule has 0 radical (unpaired) electrons. The van der Waals surface area contributed by atoms with Crippen molar-refractivity contribution in [1.29, 1.82) is 0 Å². The molecule has 3 N–H and O–H groups in total. The second-order valence-electron chi connectivity index (χ2n) is 12.5. The van der Waals surface area contributed by atoms with Crippen molar-refractivity contribution >= 4 is 0 Å². The Morgan fingerprint density at radius 2 is 1.82 bits per heavy atom. The predicted octanol–water partition coefficient (Wildman–Crippen LogP) is 4.61. The van der Waals surface area contributed by atoms with Crippen molar-refractivity contribution in [3.05, 3.63) is 35.5 Å². The molecule has 1 saturated heterocycles. The van der Waals surface area contributed by atoms with E-state index in [1.807, 2.05) is 0 Å². The van der Waals surface area contributed by atoms with Gasteiger partial charge in [0, 0.05) is 19.6 Å². The van der Waals surface area contributed by atoms with Gasteiger partial charge in [0.25, 0.3) is 0 Å². The molecular formula is C29H45NO3. The highest BCUT2D eigenvalue weighted by Gasteiger charge is 2.52. The maximum atomic E-state index is 11.0. The molecule has 1 aliphatic heterocycles. The highest BCUT2D eigenvalue weighted by Crippen LogP contribution is 2.59. The van der Waals surface area contributed by atoms with Gasteiger partial charge in [-0.1, -0.05) is 43.7 Å². The zero-order chi connectivity index (χ0) is 23.4. The lowest BCUT2D eigenvalue weighted by Crippen LogP contribution is -2.41. The van der Waals surface area contributed by atoms with Gasteiger partial charge in [0.15, 0.2) is 0 Å². The molecule has 0 bridgehead atoms. The van der Waals surface area contributed by atoms with Crippen LogP contribution in [0, 0.1) is 29.1 Å². The van der Waals surface area contributed by atoms with Crippen LogP contribution in [0.5, 0.6) is 0 Å². The maximum Gasteiger partial charge on any atom is 0.0814 e. The Morgan fingerprint density at radius 3 is 2.52 bits per heavy atom. The Kier molecular flexibility index (Phi) is 6.44. The first-order valence-electron chi connectivity index (χ1n) is 13.6. The molecule has 4 saturated carbocycles. The van der Waals surface area contributed by atoms with Crippen LogP contribution in [0.1, 0.15) is 78.1 Å². The number of fused-ring (bicyclic) bond motifs is 1. The molecule has 4 aliphatic carbocycles. The van der Waals surface area contributed by atoms with Gasteiger partial charge in [0.2, 0.25) is 0 Å². The SMILES string of the molecule is C=C1[C@H](O)CC(=C/C=C2\CCC[C@]3(C)[C@@H]([C@H](C)CN4CCC(O)(C5CC5)C4)CC[C@@H]23)C[C@H]1O. The van der Waals surface area contributed by atoms with Gasteiger partial charge in [0.05, 0.1) is 17.8 Å². The van der Waals surface area contributed by atoms with Gasteiger partial charge < -0.3 is 20.2 Å². The van der Waals surface area contributed by atoms with E-state index in [4.69, 9.17) is 0 Å². The molecule has 5 rings (SSSR count). The third kappa shape index (κ3) is 4.53. The average molecular weight is 456 g/mol. The molecule has 5 fully saturated rings. The summed E-state index contributed by atoms with van der Waals surface area (Å²) in [6.45, 7) is 11.9. The van der Waals surface area contributed by atoms with Gasteiger partial charge in [-0.2, -0.15) is 0 Å². The molecule has 0 spiro atoms. The molecule has 33 heavy (non-hydrogen) atoms. The topological polar surface area (TPSA) is 63.9 Å². The number of likely N-dealkylation sites (tertiary alicyclic amines) is 1. The highest BCUT2D eigenvalue weighted by molar-refractivity contribution is 5.29. The van der Waals surface area contributed by atoms with Gasteiger partial charge >= 0.3 is 0 Å². The van der Waals surface area contributed by atoms with Gasteiger partial charge in [-0.3, -0.25) is 0 Å². The van der Waals surface area contributed by atoms with E-state index >= 15 is 0 Å². The molecule has 184 valence electrons. The van der Waals surface area contributed by atoms with E-state index < -0.39 is 17.8 Å². The number of β-amino-alcohol motifs (C(OH)–C–C–N with tert-alkyl or cyclic N) is 1. The fraction of sp³-hybridized carbons (Fsp3) is 0.793. The monoisotopic (exact) mass is 455 g/mol. The molecule has 0 aromatic heterocycles. The van der Waals surface area contributed by atoms with Gasteiger partial charge in [-0.15, -0.1) is 0 Å². The molecule has 7 atom stereocenters. The van der Waals surface area contributed by atoms with Crippen LogP contribution in [0.15, 0.2) is 35.5 Å². The smallest absolute Gasteiger partial charge is 0.0814 e. The van der Waals surface area contributed by atoms with E-state index in [-0.39, 0.29) is 0 Å². The van der Waals surface area contributed by atoms with E-state index in [0.717, 1.165) is 37.5 Å². The lowest BCUT2D eigenvalue weighted by atomic mass is 9.61. The Hall–Kier alpha value is -0.940. The predicted molar refractivity (Wildman–Crippen MR) is 133 cm³/mol. The van der Waals surface area contributed by atoms with Crippen molar-refractivity contribution in [3.63, 3.8) is 0 Å². The van der Waals surface area contributed by atoms with Crippen molar-refractivity contribution in [1.82, 2.24) is 4.90 Å². The van der Waals surface area contributed by atoms with E-state index in [2.05, 4.69) is 37.5 Å². The van der Waals surface area contributed by atoms with Gasteiger partial charge in [-0.25, -0.2) is 0 Å². The molecule has 0 aromatic carbocycles. The summed E-state index contributed by atoms with van der Waals surface area (Å²) in [6, 6.07) is 0. The minimum Gasteiger partial charge on any atom is -0.388 e. The quantitative estimate of drug-likeness (QED) is 0.530. The largest absolute Gasteiger partial charge is 0.388 e. The van der Waals surface area contributed by atoms with Gasteiger partial charge in [0.1, 0.15) is 0 Å². The summed E-state index contributed by atoms with van der Waals surface area (Å²) >= 11 is 0. The summed E-state index contributed by atoms with van der Waals surface area (Å²) in [7, 11) is 0. The molecular weight excluding hydrogens is 410 g/mol. The van der Waals surface area contributed by atoms with Crippen LogP contribution in [-0.4, -0.2) is 57.7 Å². The van der Waals surface area contributed by atoms with Crippen LogP contribution in [0.25, 0.3) is 0 Å². The fourth-order valence-corrected chi connectivity index (χ4v) is 8.18. The summed E-state index contributed by atoms with van der Waals surface area (Å²) in [5, 5.41) is 31.3. The number of allylic oxidation sites excluding steroid dienone is 3. The number of aliphatic hydroxyl groups is 3. The maximum absolute atomic E-state index is 11.0. The number of nitrogens with zero attached hydrogens (tertiary/aromatic N) is 1. The molecule has 4 heteroatoms. The van der Waals surface area contributed by atoms with Crippen molar-refractivity contribution in [2.75, 3.05) is 19.6 Å². The van der Waals surface area contributed by atoms with E-state index in [9.17, 15) is 15.3 Å². The van der Waals surface area contributed by atoms with Crippen LogP contribution in [0.3, 0.4) is 0 Å². The van der Waals surface area contributed by atoms with Crippen LogP contribution in [0.4, 0.5) is 0 Å². The minimum atomic E-state index is -0.616. The second kappa shape index (κ2) is 8.93. The Bertz CT molecular complexity index is 813. The first-order valence-corrected chi connectivity index (χ1v) is 13.6. The standard InChI is InChI=1S/C29H45NO3/c1-19(17-30-14-13-29(33,18-30)23-8-9-23)24-10-11-25-22(5-4-12-28(24,25)3)7-6-21-15-26(31)20(2)27(32)16-21/h6-7,19,23-27,31-33H,2,4-5,8-18H2,1,3H3/b22-7+/t19-,24-,25+,26-,27-,28-,29?/m1/s1. The molecule has 0 aromatic rings. The lowest BCUT2D eigenvalue weighted by Gasteiger charge is -2.45. The zero-order valence-electron chi connectivity index (χ0n) is 20.8. The average Bonchev–Trinajstić information content (AvgIpc) is 3.48. The van der Waals surface area contributed by atoms with Crippen LogP contribution in [-0.2, 0) is 0 Å². The van der Waals surface area contributed by atoms with Crippen molar-refractivity contribution in [2.24, 2.45) is 29.1 Å². The van der Waals surface area contributed by atoms with Crippen molar-refractivity contribution in [2.45, 2.75) is 95.9 Å². The van der Waals surface area contributed by atoms with Crippen LogP contribution >= 0.6 is 0 Å². The number of rotatable bonds is 5. The normalized spacial score (nSPS) is 44.3. The minimum absolute atomic E-state index is 0.369. The first kappa shape index (κ1) is 23.8. The summed E-state index contributed by atoms with van der Waals surface area (Å²) in [4.78, 5) is 2.55. The molecule has 5 aliphatic rings.